The summed E-state index contributed by atoms with van der Waals surface area (Å²) in [6, 6.07) is 12.8. The fourth-order valence-electron chi connectivity index (χ4n) is 2.25. The number of pyridine rings is 1. The summed E-state index contributed by atoms with van der Waals surface area (Å²) in [5.74, 6) is 0.00544. The zero-order valence-electron chi connectivity index (χ0n) is 14.3. The Balaban J connectivity index is 1.81. The van der Waals surface area contributed by atoms with Gasteiger partial charge in [-0.25, -0.2) is 9.37 Å². The van der Waals surface area contributed by atoms with Crippen molar-refractivity contribution >= 4 is 52.3 Å². The molecule has 0 aliphatic rings. The van der Waals surface area contributed by atoms with Gasteiger partial charge in [-0.2, -0.15) is 4.99 Å². The molecule has 0 bridgehead atoms. The van der Waals surface area contributed by atoms with Gasteiger partial charge in [-0.1, -0.05) is 40.9 Å². The van der Waals surface area contributed by atoms with Crippen molar-refractivity contribution in [2.45, 2.75) is 6.61 Å². The lowest BCUT2D eigenvalue weighted by atomic mass is 10.2. The van der Waals surface area contributed by atoms with E-state index in [-0.39, 0.29) is 34.7 Å². The number of aromatic nitrogens is 1. The summed E-state index contributed by atoms with van der Waals surface area (Å²) in [5.41, 5.74) is 6.84. The minimum atomic E-state index is -0.476. The number of rotatable bonds is 5. The average Bonchev–Trinajstić information content (AvgIpc) is 2.65. The monoisotopic (exact) mass is 438 g/mol. The maximum atomic E-state index is 13.9. The van der Waals surface area contributed by atoms with E-state index < -0.39 is 5.82 Å². The van der Waals surface area contributed by atoms with Crippen LogP contribution in [0.1, 0.15) is 5.56 Å². The number of halogens is 4. The number of hydrogen-bond acceptors (Lipinski definition) is 3. The molecule has 0 fully saturated rings. The van der Waals surface area contributed by atoms with E-state index in [1.165, 1.54) is 24.4 Å². The number of benzene rings is 2. The second-order valence-electron chi connectivity index (χ2n) is 5.59. The van der Waals surface area contributed by atoms with Crippen LogP contribution in [0.25, 0.3) is 0 Å². The van der Waals surface area contributed by atoms with Crippen LogP contribution in [-0.2, 0) is 6.61 Å². The van der Waals surface area contributed by atoms with Crippen molar-refractivity contribution in [3.8, 4) is 5.75 Å². The predicted molar refractivity (Wildman–Crippen MR) is 111 cm³/mol. The molecule has 0 aliphatic heterocycles. The Labute approximate surface area is 175 Å². The molecule has 3 aromatic rings. The Bertz CT molecular complexity index is 992. The van der Waals surface area contributed by atoms with Gasteiger partial charge in [0, 0.05) is 28.5 Å². The molecule has 1 heterocycles. The van der Waals surface area contributed by atoms with Gasteiger partial charge in [0.1, 0.15) is 12.4 Å². The molecule has 0 radical (unpaired) electrons. The number of nitrogens with zero attached hydrogens (tertiary/aromatic N) is 2. The number of guanidine groups is 1. The number of nitrogens with one attached hydrogen (secondary N) is 1. The van der Waals surface area contributed by atoms with Gasteiger partial charge < -0.3 is 15.8 Å². The summed E-state index contributed by atoms with van der Waals surface area (Å²) in [4.78, 5) is 8.32. The van der Waals surface area contributed by atoms with E-state index in [1.807, 2.05) is 0 Å². The van der Waals surface area contributed by atoms with E-state index in [9.17, 15) is 4.39 Å². The van der Waals surface area contributed by atoms with Crippen LogP contribution in [0.3, 0.4) is 0 Å². The Kier molecular flexibility index (Phi) is 6.57. The molecule has 0 amide bonds. The van der Waals surface area contributed by atoms with E-state index in [2.05, 4.69) is 15.3 Å². The molecule has 28 heavy (non-hydrogen) atoms. The molecule has 5 nitrogen and oxygen atoms in total. The number of nitrogens with two attached hydrogens (primary N) is 1. The lowest BCUT2D eigenvalue weighted by molar-refractivity contribution is 0.300. The molecule has 3 rings (SSSR count). The first-order valence-corrected chi connectivity index (χ1v) is 9.14. The van der Waals surface area contributed by atoms with Crippen LogP contribution < -0.4 is 15.8 Å². The topological polar surface area (TPSA) is 72.5 Å². The molecule has 9 heteroatoms. The minimum Gasteiger partial charge on any atom is -0.485 e. The normalized spacial score (nSPS) is 11.4. The minimum absolute atomic E-state index is 0.0749. The third-order valence-electron chi connectivity index (χ3n) is 3.58. The molecule has 0 spiro atoms. The Morgan fingerprint density at radius 2 is 1.86 bits per heavy atom. The lowest BCUT2D eigenvalue weighted by Gasteiger charge is -2.11. The van der Waals surface area contributed by atoms with Crippen molar-refractivity contribution in [3.63, 3.8) is 0 Å². The smallest absolute Gasteiger partial charge is 0.200 e. The highest BCUT2D eigenvalue weighted by Crippen LogP contribution is 2.30. The lowest BCUT2D eigenvalue weighted by Crippen LogP contribution is -2.22. The van der Waals surface area contributed by atoms with Crippen molar-refractivity contribution in [1.29, 1.82) is 0 Å². The first-order valence-electron chi connectivity index (χ1n) is 8.00. The Hall–Kier alpha value is -2.54. The maximum Gasteiger partial charge on any atom is 0.200 e. The predicted octanol–water partition coefficient (Wildman–Crippen LogP) is 5.82. The Morgan fingerprint density at radius 1 is 1.11 bits per heavy atom. The van der Waals surface area contributed by atoms with Crippen LogP contribution in [-0.4, -0.2) is 10.9 Å². The average molecular weight is 440 g/mol. The van der Waals surface area contributed by atoms with Crippen molar-refractivity contribution in [3.05, 3.63) is 81.2 Å². The summed E-state index contributed by atoms with van der Waals surface area (Å²) in [5, 5.41) is 4.10. The van der Waals surface area contributed by atoms with Gasteiger partial charge in [0.15, 0.2) is 17.5 Å². The molecular formula is C19H14Cl3FN4O. The van der Waals surface area contributed by atoms with Crippen LogP contribution in [0.4, 0.5) is 15.9 Å². The SMILES string of the molecule is N/C(=N\c1ncc(Cl)cc1OCc1c(F)cccc1Cl)Nc1ccc(Cl)cc1. The van der Waals surface area contributed by atoms with Crippen molar-refractivity contribution in [1.82, 2.24) is 4.98 Å². The number of ether oxygens (including phenoxy) is 1. The van der Waals surface area contributed by atoms with E-state index in [0.29, 0.717) is 15.7 Å². The molecule has 2 aromatic carbocycles. The molecule has 0 aliphatic carbocycles. The van der Waals surface area contributed by atoms with Gasteiger partial charge in [0.2, 0.25) is 0 Å². The van der Waals surface area contributed by atoms with Crippen LogP contribution in [0.15, 0.2) is 59.7 Å². The molecule has 1 aromatic heterocycles. The summed E-state index contributed by atoms with van der Waals surface area (Å²) in [6.45, 7) is -0.124. The van der Waals surface area contributed by atoms with Crippen molar-refractivity contribution in [2.75, 3.05) is 5.32 Å². The van der Waals surface area contributed by atoms with E-state index in [1.54, 1.807) is 30.3 Å². The quantitative estimate of drug-likeness (QED) is 0.388. The number of anilines is 1. The number of hydrogen-bond donors (Lipinski definition) is 2. The largest absolute Gasteiger partial charge is 0.485 e. The van der Waals surface area contributed by atoms with Crippen molar-refractivity contribution < 1.29 is 9.13 Å². The van der Waals surface area contributed by atoms with Gasteiger partial charge >= 0.3 is 0 Å². The number of aliphatic imine (C=N–C) groups is 1. The zero-order valence-corrected chi connectivity index (χ0v) is 16.6. The summed E-state index contributed by atoms with van der Waals surface area (Å²) in [6.07, 6.45) is 1.40. The summed E-state index contributed by atoms with van der Waals surface area (Å²) < 4.78 is 19.6. The molecule has 0 atom stereocenters. The molecule has 3 N–H and O–H groups in total. The van der Waals surface area contributed by atoms with Crippen LogP contribution in [0, 0.1) is 5.82 Å². The molecule has 144 valence electrons. The van der Waals surface area contributed by atoms with Crippen LogP contribution in [0.5, 0.6) is 5.75 Å². The first-order chi connectivity index (χ1) is 13.4. The van der Waals surface area contributed by atoms with Gasteiger partial charge in [-0.15, -0.1) is 0 Å². The third-order valence-corrected chi connectivity index (χ3v) is 4.39. The Morgan fingerprint density at radius 3 is 2.57 bits per heavy atom. The second-order valence-corrected chi connectivity index (χ2v) is 6.87. The fourth-order valence-corrected chi connectivity index (χ4v) is 2.74. The highest BCUT2D eigenvalue weighted by Gasteiger charge is 2.12. The maximum absolute atomic E-state index is 13.9. The third kappa shape index (κ3) is 5.25. The molecular weight excluding hydrogens is 426 g/mol. The highest BCUT2D eigenvalue weighted by atomic mass is 35.5. The highest BCUT2D eigenvalue weighted by molar-refractivity contribution is 6.31. The van der Waals surface area contributed by atoms with Gasteiger partial charge in [-0.05, 0) is 36.4 Å². The summed E-state index contributed by atoms with van der Waals surface area (Å²) in [7, 11) is 0. The van der Waals surface area contributed by atoms with E-state index in [4.69, 9.17) is 45.3 Å². The van der Waals surface area contributed by atoms with E-state index >= 15 is 0 Å². The van der Waals surface area contributed by atoms with Crippen LogP contribution in [0.2, 0.25) is 15.1 Å². The standard InChI is InChI=1S/C19H14Cl3FN4O/c20-11-4-6-13(7-5-11)26-19(24)27-18-17(8-12(21)9-25-18)28-10-14-15(22)2-1-3-16(14)23/h1-9H,10H2,(H3,24,25,26,27). The van der Waals surface area contributed by atoms with Crippen LogP contribution >= 0.6 is 34.8 Å². The van der Waals surface area contributed by atoms with Gasteiger partial charge in [-0.3, -0.25) is 0 Å². The first kappa shape index (κ1) is 20.2. The summed E-state index contributed by atoms with van der Waals surface area (Å²) >= 11 is 17.9. The van der Waals surface area contributed by atoms with Gasteiger partial charge in [0.05, 0.1) is 10.0 Å². The van der Waals surface area contributed by atoms with Gasteiger partial charge in [0.25, 0.3) is 0 Å². The molecule has 0 saturated carbocycles. The molecule has 0 unspecified atom stereocenters. The molecule has 0 saturated heterocycles. The fraction of sp³-hybridized carbons (Fsp3) is 0.0526. The van der Waals surface area contributed by atoms with E-state index in [0.717, 1.165) is 0 Å². The zero-order chi connectivity index (χ0) is 20.1. The second kappa shape index (κ2) is 9.10. The van der Waals surface area contributed by atoms with Crippen molar-refractivity contribution in [2.24, 2.45) is 10.7 Å².